The van der Waals surface area contributed by atoms with E-state index in [1.165, 1.54) is 12.1 Å². The molecule has 2 aromatic carbocycles. The highest BCUT2D eigenvalue weighted by Gasteiger charge is 2.16. The van der Waals surface area contributed by atoms with Crippen LogP contribution >= 0.6 is 34.8 Å². The smallest absolute Gasteiger partial charge is 0.142 e. The number of anilines is 1. The Bertz CT molecular complexity index is 1030. The van der Waals surface area contributed by atoms with Crippen LogP contribution in [0.25, 0.3) is 22.4 Å². The summed E-state index contributed by atoms with van der Waals surface area (Å²) in [7, 11) is 0. The molecule has 1 heterocycles. The van der Waals surface area contributed by atoms with Gasteiger partial charge in [-0.25, -0.2) is 9.37 Å². The van der Waals surface area contributed by atoms with Crippen LogP contribution in [0.2, 0.25) is 15.1 Å². The molecule has 7 heteroatoms. The Morgan fingerprint density at radius 1 is 0.960 bits per heavy atom. The molecule has 0 atom stereocenters. The molecule has 0 saturated carbocycles. The molecule has 3 aromatic rings. The molecule has 25 heavy (non-hydrogen) atoms. The second-order valence-corrected chi connectivity index (χ2v) is 6.43. The number of nitrogen functional groups attached to an aromatic ring is 1. The van der Waals surface area contributed by atoms with E-state index in [0.717, 1.165) is 0 Å². The van der Waals surface area contributed by atoms with Gasteiger partial charge in [-0.2, -0.15) is 5.26 Å². The van der Waals surface area contributed by atoms with Gasteiger partial charge in [0.15, 0.2) is 0 Å². The summed E-state index contributed by atoms with van der Waals surface area (Å²) in [5.41, 5.74) is 7.94. The Morgan fingerprint density at radius 3 is 2.36 bits per heavy atom. The van der Waals surface area contributed by atoms with E-state index >= 15 is 0 Å². The van der Waals surface area contributed by atoms with Crippen molar-refractivity contribution in [2.75, 3.05) is 5.73 Å². The van der Waals surface area contributed by atoms with Crippen LogP contribution in [0.5, 0.6) is 0 Å². The number of hydrogen-bond donors (Lipinski definition) is 1. The van der Waals surface area contributed by atoms with E-state index in [0.29, 0.717) is 32.4 Å². The highest BCUT2D eigenvalue weighted by molar-refractivity contribution is 6.35. The van der Waals surface area contributed by atoms with Crippen LogP contribution in [-0.4, -0.2) is 4.98 Å². The van der Waals surface area contributed by atoms with Crippen LogP contribution in [0.1, 0.15) is 5.56 Å². The summed E-state index contributed by atoms with van der Waals surface area (Å²) in [6.07, 6.45) is 0. The van der Waals surface area contributed by atoms with Gasteiger partial charge in [0.25, 0.3) is 0 Å². The molecular formula is C18H9Cl3FN3. The second kappa shape index (κ2) is 6.89. The van der Waals surface area contributed by atoms with Gasteiger partial charge in [0.1, 0.15) is 23.3 Å². The predicted molar refractivity (Wildman–Crippen MR) is 99.2 cm³/mol. The molecule has 0 fully saturated rings. The number of aromatic nitrogens is 1. The van der Waals surface area contributed by atoms with Crippen LogP contribution in [0.3, 0.4) is 0 Å². The molecule has 0 amide bonds. The summed E-state index contributed by atoms with van der Waals surface area (Å²) in [6, 6.07) is 12.8. The molecule has 0 unspecified atom stereocenters. The highest BCUT2D eigenvalue weighted by Crippen LogP contribution is 2.35. The summed E-state index contributed by atoms with van der Waals surface area (Å²) < 4.78 is 13.8. The van der Waals surface area contributed by atoms with Gasteiger partial charge in [0.2, 0.25) is 0 Å². The van der Waals surface area contributed by atoms with Crippen molar-refractivity contribution in [3.8, 4) is 28.5 Å². The van der Waals surface area contributed by atoms with Gasteiger partial charge in [-0.1, -0.05) is 40.9 Å². The van der Waals surface area contributed by atoms with E-state index < -0.39 is 5.82 Å². The molecule has 0 radical (unpaired) electrons. The van der Waals surface area contributed by atoms with Gasteiger partial charge in [0.05, 0.1) is 15.7 Å². The number of pyridine rings is 1. The lowest BCUT2D eigenvalue weighted by Gasteiger charge is -2.12. The first-order chi connectivity index (χ1) is 11.9. The molecule has 0 aliphatic carbocycles. The second-order valence-electron chi connectivity index (χ2n) is 5.18. The van der Waals surface area contributed by atoms with Gasteiger partial charge in [-0.15, -0.1) is 0 Å². The Labute approximate surface area is 158 Å². The number of rotatable bonds is 2. The van der Waals surface area contributed by atoms with E-state index in [1.807, 2.05) is 6.07 Å². The molecule has 0 aliphatic heterocycles. The number of nitrogens with zero attached hydrogens (tertiary/aromatic N) is 2. The van der Waals surface area contributed by atoms with Gasteiger partial charge in [0, 0.05) is 16.1 Å². The zero-order valence-corrected chi connectivity index (χ0v) is 14.8. The summed E-state index contributed by atoms with van der Waals surface area (Å²) in [5.74, 6) is -0.581. The van der Waals surface area contributed by atoms with Crippen LogP contribution < -0.4 is 5.73 Å². The maximum Gasteiger partial charge on any atom is 0.142 e. The topological polar surface area (TPSA) is 62.7 Å². The largest absolute Gasteiger partial charge is 0.383 e. The summed E-state index contributed by atoms with van der Waals surface area (Å²) in [6.45, 7) is 0. The summed E-state index contributed by atoms with van der Waals surface area (Å²) in [4.78, 5) is 4.23. The van der Waals surface area contributed by atoms with E-state index in [2.05, 4.69) is 4.98 Å². The van der Waals surface area contributed by atoms with Crippen molar-refractivity contribution in [1.82, 2.24) is 4.98 Å². The zero-order valence-electron chi connectivity index (χ0n) is 12.5. The predicted octanol–water partition coefficient (Wildman–Crippen LogP) is 5.97. The van der Waals surface area contributed by atoms with Gasteiger partial charge < -0.3 is 5.73 Å². The molecule has 0 spiro atoms. The van der Waals surface area contributed by atoms with Crippen molar-refractivity contribution in [1.29, 1.82) is 5.26 Å². The Morgan fingerprint density at radius 2 is 1.68 bits per heavy atom. The quantitative estimate of drug-likeness (QED) is 0.584. The minimum Gasteiger partial charge on any atom is -0.383 e. The number of hydrogen-bond acceptors (Lipinski definition) is 3. The van der Waals surface area contributed by atoms with Crippen molar-refractivity contribution in [3.05, 3.63) is 68.9 Å². The Kier molecular flexibility index (Phi) is 4.82. The number of nitrogens with two attached hydrogens (primary N) is 1. The fourth-order valence-corrected chi connectivity index (χ4v) is 2.91. The van der Waals surface area contributed by atoms with Crippen molar-refractivity contribution in [2.45, 2.75) is 0 Å². The third kappa shape index (κ3) is 3.40. The van der Waals surface area contributed by atoms with Gasteiger partial charge in [-0.05, 0) is 42.0 Å². The number of nitriles is 1. The van der Waals surface area contributed by atoms with Crippen LogP contribution in [-0.2, 0) is 0 Å². The van der Waals surface area contributed by atoms with Crippen LogP contribution in [0.15, 0.2) is 42.5 Å². The first-order valence-corrected chi connectivity index (χ1v) is 8.15. The van der Waals surface area contributed by atoms with E-state index in [9.17, 15) is 9.65 Å². The normalized spacial score (nSPS) is 10.5. The first kappa shape index (κ1) is 17.5. The zero-order chi connectivity index (χ0) is 18.1. The highest BCUT2D eigenvalue weighted by atomic mass is 35.5. The Balaban J connectivity index is 2.28. The lowest BCUT2D eigenvalue weighted by Crippen LogP contribution is -2.00. The fraction of sp³-hybridized carbons (Fsp3) is 0. The first-order valence-electron chi connectivity index (χ1n) is 7.02. The molecule has 3 rings (SSSR count). The fourth-order valence-electron chi connectivity index (χ4n) is 2.41. The van der Waals surface area contributed by atoms with Crippen molar-refractivity contribution in [3.63, 3.8) is 0 Å². The number of halogens is 4. The standard InChI is InChI=1S/C18H9Cl3FN3/c19-10-2-4-14(20)12(6-10)17-7-11(13(8-23)18(24)25-17)9-1-3-15(21)16(22)5-9/h1-7H,(H2,24,25). The maximum absolute atomic E-state index is 13.8. The summed E-state index contributed by atoms with van der Waals surface area (Å²) in [5, 5.41) is 10.3. The monoisotopic (exact) mass is 391 g/mol. The van der Waals surface area contributed by atoms with E-state index in [-0.39, 0.29) is 16.4 Å². The maximum atomic E-state index is 13.8. The molecule has 0 bridgehead atoms. The van der Waals surface area contributed by atoms with Crippen LogP contribution in [0, 0.1) is 17.1 Å². The molecule has 0 aliphatic rings. The summed E-state index contributed by atoms with van der Waals surface area (Å²) >= 11 is 18.0. The van der Waals surface area contributed by atoms with Crippen LogP contribution in [0.4, 0.5) is 10.2 Å². The molecule has 1 aromatic heterocycles. The minimum absolute atomic E-state index is 0.0117. The third-order valence-corrected chi connectivity index (χ3v) is 4.47. The van der Waals surface area contributed by atoms with Crippen molar-refractivity contribution in [2.24, 2.45) is 0 Å². The third-order valence-electron chi connectivity index (χ3n) is 3.59. The van der Waals surface area contributed by atoms with Gasteiger partial charge in [-0.3, -0.25) is 0 Å². The number of benzene rings is 2. The SMILES string of the molecule is N#Cc1c(-c2ccc(Cl)c(F)c2)cc(-c2cc(Cl)ccc2Cl)nc1N. The Hall–Kier alpha value is -2.32. The molecular weight excluding hydrogens is 384 g/mol. The van der Waals surface area contributed by atoms with E-state index in [4.69, 9.17) is 40.5 Å². The average Bonchev–Trinajstić information content (AvgIpc) is 2.58. The van der Waals surface area contributed by atoms with Crippen molar-refractivity contribution < 1.29 is 4.39 Å². The minimum atomic E-state index is -0.597. The molecule has 0 saturated heterocycles. The lowest BCUT2D eigenvalue weighted by molar-refractivity contribution is 0.629. The molecule has 2 N–H and O–H groups in total. The van der Waals surface area contributed by atoms with Crippen molar-refractivity contribution >= 4 is 40.6 Å². The molecule has 124 valence electrons. The lowest BCUT2D eigenvalue weighted by atomic mass is 9.98. The van der Waals surface area contributed by atoms with Gasteiger partial charge >= 0.3 is 0 Å². The average molecular weight is 393 g/mol. The van der Waals surface area contributed by atoms with E-state index in [1.54, 1.807) is 30.3 Å². The molecule has 3 nitrogen and oxygen atoms in total.